The number of hydrogen-bond acceptors (Lipinski definition) is 2. The third kappa shape index (κ3) is 1.41. The Morgan fingerprint density at radius 3 is 2.73 bits per heavy atom. The summed E-state index contributed by atoms with van der Waals surface area (Å²) in [6.45, 7) is 0. The number of hydrogen-bond donors (Lipinski definition) is 2. The van der Waals surface area contributed by atoms with E-state index in [9.17, 15) is 4.79 Å². The summed E-state index contributed by atoms with van der Waals surface area (Å²) in [4.78, 5) is 10.6. The van der Waals surface area contributed by atoms with Gasteiger partial charge in [0.2, 0.25) is 0 Å². The van der Waals surface area contributed by atoms with Crippen molar-refractivity contribution in [2.75, 3.05) is 0 Å². The maximum Gasteiger partial charge on any atom is 0.324 e. The predicted octanol–water partition coefficient (Wildman–Crippen LogP) is 1.13. The molecule has 1 aliphatic rings. The van der Waals surface area contributed by atoms with Gasteiger partial charge in [-0.05, 0) is 16.9 Å². The molecule has 4 heteroatoms. The highest BCUT2D eigenvalue weighted by atomic mass is 123. The minimum absolute atomic E-state index is 0.0249. The quantitative estimate of drug-likeness (QED) is 0.734. The Bertz CT molecular complexity index is 205. The summed E-state index contributed by atoms with van der Waals surface area (Å²) in [5.74, 6) is -0.861. The molecule has 3 nitrogen and oxygen atoms in total. The van der Waals surface area contributed by atoms with Crippen molar-refractivity contribution in [2.45, 2.75) is 18.4 Å². The molecule has 3 N–H and O–H groups in total. The first kappa shape index (κ1) is 8.99. The van der Waals surface area contributed by atoms with Gasteiger partial charge in [-0.1, -0.05) is 28.7 Å². The Morgan fingerprint density at radius 1 is 1.82 bits per heavy atom. The van der Waals surface area contributed by atoms with E-state index in [4.69, 9.17) is 10.8 Å². The standard InChI is InChI=1S/C7H10INO2/c8-4-2-5-1-3-7(5,9)6(10)11/h2,4-5H,1,3,9H2,(H,10,11)/b4-2+/t5?,7-/m0/s1/i8-4. The summed E-state index contributed by atoms with van der Waals surface area (Å²) in [5, 5.41) is 8.73. The van der Waals surface area contributed by atoms with E-state index >= 15 is 0 Å². The lowest BCUT2D eigenvalue weighted by Gasteiger charge is -2.41. The average Bonchev–Trinajstić information content (AvgIpc) is 1.96. The minimum atomic E-state index is -0.984. The van der Waals surface area contributed by atoms with E-state index in [0.29, 0.717) is 6.42 Å². The molecular formula is C7H10INO2. The first-order chi connectivity index (χ1) is 5.11. The van der Waals surface area contributed by atoms with E-state index in [1.165, 1.54) is 0 Å². The highest BCUT2D eigenvalue weighted by Gasteiger charge is 2.48. The third-order valence-corrected chi connectivity index (χ3v) is 2.65. The van der Waals surface area contributed by atoms with Crippen molar-refractivity contribution in [2.24, 2.45) is 11.7 Å². The molecule has 62 valence electrons. The lowest BCUT2D eigenvalue weighted by molar-refractivity contribution is -0.149. The third-order valence-electron chi connectivity index (χ3n) is 2.23. The summed E-state index contributed by atoms with van der Waals surface area (Å²) in [6, 6.07) is 0. The predicted molar refractivity (Wildman–Crippen MR) is 50.4 cm³/mol. The molecular weight excluding hydrogens is 253 g/mol. The van der Waals surface area contributed by atoms with Crippen LogP contribution < -0.4 is 5.73 Å². The molecule has 0 bridgehead atoms. The van der Waals surface area contributed by atoms with E-state index in [-0.39, 0.29) is 5.92 Å². The number of rotatable bonds is 2. The Labute approximate surface area is 78.8 Å². The number of carbonyl (C=O) groups is 1. The molecule has 0 aromatic heterocycles. The number of aliphatic carboxylic acids is 1. The Morgan fingerprint density at radius 2 is 2.45 bits per heavy atom. The highest BCUT2D eigenvalue weighted by Crippen LogP contribution is 2.37. The molecule has 0 aromatic rings. The number of halogens is 1. The van der Waals surface area contributed by atoms with Gasteiger partial charge in [0.15, 0.2) is 0 Å². The topological polar surface area (TPSA) is 63.3 Å². The van der Waals surface area contributed by atoms with Crippen LogP contribution in [0.4, 0.5) is 0 Å². The summed E-state index contributed by atoms with van der Waals surface area (Å²) >= 11 is 2.07. The van der Waals surface area contributed by atoms with Crippen LogP contribution in [0.15, 0.2) is 10.2 Å². The molecule has 0 radical (unpaired) electrons. The SMILES string of the molecule is N[C@@]1(C(=O)O)CCC1/C=C/[123I]. The first-order valence-electron chi connectivity index (χ1n) is 3.40. The first-order valence-corrected chi connectivity index (χ1v) is 4.65. The zero-order valence-corrected chi connectivity index (χ0v) is 8.11. The van der Waals surface area contributed by atoms with E-state index in [2.05, 4.69) is 22.6 Å². The van der Waals surface area contributed by atoms with E-state index in [0.717, 1.165) is 6.42 Å². The zero-order valence-electron chi connectivity index (χ0n) is 5.96. The smallest absolute Gasteiger partial charge is 0.324 e. The maximum atomic E-state index is 10.6. The lowest BCUT2D eigenvalue weighted by Crippen LogP contribution is -2.60. The van der Waals surface area contributed by atoms with Gasteiger partial charge >= 0.3 is 5.97 Å². The second-order valence-corrected chi connectivity index (χ2v) is 3.53. The monoisotopic (exact) mass is 263 g/mol. The fourth-order valence-corrected chi connectivity index (χ4v) is 1.74. The molecule has 1 rings (SSSR count). The van der Waals surface area contributed by atoms with E-state index in [1.807, 2.05) is 10.2 Å². The van der Waals surface area contributed by atoms with Gasteiger partial charge in [0.25, 0.3) is 0 Å². The molecule has 0 amide bonds. The van der Waals surface area contributed by atoms with Gasteiger partial charge in [0.05, 0.1) is 0 Å². The largest absolute Gasteiger partial charge is 0.480 e. The molecule has 2 atom stereocenters. The summed E-state index contributed by atoms with van der Waals surface area (Å²) in [7, 11) is 0. The van der Waals surface area contributed by atoms with Crippen molar-refractivity contribution in [3.63, 3.8) is 0 Å². The van der Waals surface area contributed by atoms with Crippen LogP contribution in [0.1, 0.15) is 12.8 Å². The van der Waals surface area contributed by atoms with Crippen LogP contribution in [0, 0.1) is 5.92 Å². The van der Waals surface area contributed by atoms with Crippen molar-refractivity contribution in [1.82, 2.24) is 0 Å². The van der Waals surface area contributed by atoms with Crippen molar-refractivity contribution < 1.29 is 9.90 Å². The summed E-state index contributed by atoms with van der Waals surface area (Å²) in [6.07, 6.45) is 3.34. The fraction of sp³-hybridized carbons (Fsp3) is 0.571. The highest BCUT2D eigenvalue weighted by molar-refractivity contribution is 14.1. The van der Waals surface area contributed by atoms with E-state index < -0.39 is 11.5 Å². The molecule has 0 heterocycles. The van der Waals surface area contributed by atoms with Crippen LogP contribution in [0.5, 0.6) is 0 Å². The average molecular weight is 263 g/mol. The molecule has 0 aliphatic heterocycles. The van der Waals surface area contributed by atoms with Crippen molar-refractivity contribution in [3.05, 3.63) is 10.2 Å². The summed E-state index contributed by atoms with van der Waals surface area (Å²) < 4.78 is 1.83. The number of carboxylic acids is 1. The van der Waals surface area contributed by atoms with Gasteiger partial charge in [0.1, 0.15) is 5.54 Å². The van der Waals surface area contributed by atoms with Gasteiger partial charge in [-0.15, -0.1) is 0 Å². The second-order valence-electron chi connectivity index (χ2n) is 2.81. The van der Waals surface area contributed by atoms with Gasteiger partial charge in [-0.3, -0.25) is 4.79 Å². The molecule has 1 unspecified atom stereocenters. The van der Waals surface area contributed by atoms with Crippen molar-refractivity contribution in [3.8, 4) is 0 Å². The Kier molecular flexibility index (Phi) is 2.54. The van der Waals surface area contributed by atoms with Crippen molar-refractivity contribution >= 4 is 28.6 Å². The van der Waals surface area contributed by atoms with Crippen LogP contribution in [0.25, 0.3) is 0 Å². The van der Waals surface area contributed by atoms with Gasteiger partial charge in [0, 0.05) is 5.92 Å². The van der Waals surface area contributed by atoms with E-state index in [1.54, 1.807) is 0 Å². The molecule has 11 heavy (non-hydrogen) atoms. The van der Waals surface area contributed by atoms with Crippen LogP contribution in [-0.4, -0.2) is 16.6 Å². The molecule has 1 fully saturated rings. The molecule has 0 saturated heterocycles. The minimum Gasteiger partial charge on any atom is -0.480 e. The molecule has 0 aromatic carbocycles. The Hall–Kier alpha value is -0.100. The molecule has 0 spiro atoms. The maximum absolute atomic E-state index is 10.6. The Balaban J connectivity index is 2.67. The number of nitrogens with two attached hydrogens (primary N) is 1. The molecule has 1 saturated carbocycles. The van der Waals surface area contributed by atoms with Crippen molar-refractivity contribution in [1.29, 1.82) is 0 Å². The zero-order chi connectivity index (χ0) is 8.48. The van der Waals surface area contributed by atoms with Crippen LogP contribution in [-0.2, 0) is 4.79 Å². The lowest BCUT2D eigenvalue weighted by atomic mass is 9.67. The second kappa shape index (κ2) is 3.10. The normalized spacial score (nSPS) is 37.1. The number of carboxylic acid groups (broad SMARTS) is 1. The fourth-order valence-electron chi connectivity index (χ4n) is 1.24. The van der Waals surface area contributed by atoms with Gasteiger partial charge < -0.3 is 10.8 Å². The van der Waals surface area contributed by atoms with Crippen LogP contribution in [0.3, 0.4) is 0 Å². The van der Waals surface area contributed by atoms with Gasteiger partial charge in [-0.2, -0.15) is 0 Å². The summed E-state index contributed by atoms with van der Waals surface area (Å²) in [5.41, 5.74) is 4.64. The molecule has 1 aliphatic carbocycles. The van der Waals surface area contributed by atoms with Gasteiger partial charge in [-0.25, -0.2) is 0 Å². The van der Waals surface area contributed by atoms with Crippen LogP contribution >= 0.6 is 22.6 Å². The van der Waals surface area contributed by atoms with Crippen LogP contribution in [0.2, 0.25) is 0 Å².